The van der Waals surface area contributed by atoms with Crippen LogP contribution in [-0.2, 0) is 19.1 Å². The molecule has 0 aliphatic heterocycles. The number of hydrogen-bond donors (Lipinski definition) is 1. The molecule has 20 heavy (non-hydrogen) atoms. The van der Waals surface area contributed by atoms with Crippen LogP contribution in [0.15, 0.2) is 11.8 Å². The molecule has 2 aliphatic carbocycles. The lowest BCUT2D eigenvalue weighted by Crippen LogP contribution is -2.50. The van der Waals surface area contributed by atoms with Gasteiger partial charge in [0.1, 0.15) is 5.78 Å². The van der Waals surface area contributed by atoms with Crippen molar-refractivity contribution < 1.29 is 24.2 Å². The standard InChI is InChI=1S/C15H20O5/c1-14(13(19)20-2)9-15(6-4-3-5-12(15)18)7-11(17)10(14)8-16/h8,16H,3-7,9H2,1-2H3/b10-8+/t14-,15-/m1/s1. The number of ketones is 2. The van der Waals surface area contributed by atoms with Crippen LogP contribution in [0, 0.1) is 10.8 Å². The number of carbonyl (C=O) groups is 3. The summed E-state index contributed by atoms with van der Waals surface area (Å²) < 4.78 is 4.79. The highest BCUT2D eigenvalue weighted by Crippen LogP contribution is 2.53. The van der Waals surface area contributed by atoms with Crippen molar-refractivity contribution in [2.75, 3.05) is 7.11 Å². The van der Waals surface area contributed by atoms with E-state index in [1.807, 2.05) is 0 Å². The highest BCUT2D eigenvalue weighted by Gasteiger charge is 2.56. The fourth-order valence-corrected chi connectivity index (χ4v) is 3.69. The van der Waals surface area contributed by atoms with Gasteiger partial charge in [0.15, 0.2) is 5.78 Å². The number of aliphatic hydroxyl groups excluding tert-OH is 1. The lowest BCUT2D eigenvalue weighted by molar-refractivity contribution is -0.157. The molecule has 5 heteroatoms. The molecular weight excluding hydrogens is 260 g/mol. The van der Waals surface area contributed by atoms with E-state index in [0.717, 1.165) is 12.8 Å². The van der Waals surface area contributed by atoms with Gasteiger partial charge in [-0.05, 0) is 26.2 Å². The molecule has 0 aromatic heterocycles. The summed E-state index contributed by atoms with van der Waals surface area (Å²) >= 11 is 0. The Morgan fingerprint density at radius 1 is 1.35 bits per heavy atom. The Balaban J connectivity index is 2.46. The number of carbonyl (C=O) groups excluding carboxylic acids is 3. The number of hydrogen-bond acceptors (Lipinski definition) is 5. The van der Waals surface area contributed by atoms with Crippen LogP contribution in [-0.4, -0.2) is 29.8 Å². The normalized spacial score (nSPS) is 36.4. The maximum absolute atomic E-state index is 12.3. The van der Waals surface area contributed by atoms with Crippen LogP contribution in [0.3, 0.4) is 0 Å². The quantitative estimate of drug-likeness (QED) is 0.452. The molecular formula is C15H20O5. The third-order valence-corrected chi connectivity index (χ3v) is 4.75. The monoisotopic (exact) mass is 280 g/mol. The smallest absolute Gasteiger partial charge is 0.316 e. The minimum Gasteiger partial charge on any atom is -0.515 e. The van der Waals surface area contributed by atoms with Crippen molar-refractivity contribution in [1.29, 1.82) is 0 Å². The number of Topliss-reactive ketones (excluding diaryl/α,β-unsaturated/α-hetero) is 2. The van der Waals surface area contributed by atoms with Gasteiger partial charge in [-0.25, -0.2) is 0 Å². The fourth-order valence-electron chi connectivity index (χ4n) is 3.69. The third-order valence-electron chi connectivity index (χ3n) is 4.75. The van der Waals surface area contributed by atoms with Crippen LogP contribution in [0.2, 0.25) is 0 Å². The predicted octanol–water partition coefficient (Wildman–Crippen LogP) is 2.10. The predicted molar refractivity (Wildman–Crippen MR) is 71.0 cm³/mol. The van der Waals surface area contributed by atoms with Crippen molar-refractivity contribution in [2.45, 2.75) is 45.4 Å². The topological polar surface area (TPSA) is 80.7 Å². The molecule has 2 atom stereocenters. The van der Waals surface area contributed by atoms with E-state index in [1.54, 1.807) is 6.92 Å². The van der Waals surface area contributed by atoms with E-state index in [9.17, 15) is 19.5 Å². The molecule has 0 saturated heterocycles. The summed E-state index contributed by atoms with van der Waals surface area (Å²) in [6, 6.07) is 0. The van der Waals surface area contributed by atoms with E-state index in [2.05, 4.69) is 0 Å². The Kier molecular flexibility index (Phi) is 3.71. The molecule has 2 fully saturated rings. The van der Waals surface area contributed by atoms with E-state index in [0.29, 0.717) is 19.1 Å². The van der Waals surface area contributed by atoms with Gasteiger partial charge in [0.05, 0.1) is 18.8 Å². The van der Waals surface area contributed by atoms with Gasteiger partial charge < -0.3 is 9.84 Å². The average molecular weight is 280 g/mol. The first-order valence-corrected chi connectivity index (χ1v) is 6.89. The van der Waals surface area contributed by atoms with Crippen LogP contribution in [0.5, 0.6) is 0 Å². The summed E-state index contributed by atoms with van der Waals surface area (Å²) in [6.07, 6.45) is 3.83. The largest absolute Gasteiger partial charge is 0.515 e. The first kappa shape index (κ1) is 14.8. The number of rotatable bonds is 1. The SMILES string of the molecule is COC(=O)[C@]1(C)C[C@@]2(CCCCC2=O)CC(=O)/C1=C\O. The summed E-state index contributed by atoms with van der Waals surface area (Å²) in [5.41, 5.74) is -1.95. The van der Waals surface area contributed by atoms with Gasteiger partial charge in [-0.3, -0.25) is 14.4 Å². The van der Waals surface area contributed by atoms with Crippen molar-refractivity contribution in [1.82, 2.24) is 0 Å². The molecule has 0 amide bonds. The first-order valence-electron chi connectivity index (χ1n) is 6.89. The molecule has 1 N–H and O–H groups in total. The summed E-state index contributed by atoms with van der Waals surface area (Å²) in [7, 11) is 1.25. The molecule has 0 radical (unpaired) electrons. The van der Waals surface area contributed by atoms with Gasteiger partial charge >= 0.3 is 5.97 Å². The molecule has 2 aliphatic rings. The third kappa shape index (κ3) is 2.05. The second kappa shape index (κ2) is 5.04. The maximum Gasteiger partial charge on any atom is 0.316 e. The molecule has 0 aromatic rings. The Morgan fingerprint density at radius 3 is 2.60 bits per heavy atom. The van der Waals surface area contributed by atoms with E-state index < -0.39 is 16.8 Å². The number of ether oxygens (including phenoxy) is 1. The molecule has 1 spiro atoms. The average Bonchev–Trinajstić information content (AvgIpc) is 2.41. The van der Waals surface area contributed by atoms with Gasteiger partial charge in [0.25, 0.3) is 0 Å². The summed E-state index contributed by atoms with van der Waals surface area (Å²) in [5, 5.41) is 9.32. The number of aliphatic hydroxyl groups is 1. The van der Waals surface area contributed by atoms with Gasteiger partial charge in [-0.2, -0.15) is 0 Å². The summed E-state index contributed by atoms with van der Waals surface area (Å²) in [4.78, 5) is 36.7. The highest BCUT2D eigenvalue weighted by atomic mass is 16.5. The van der Waals surface area contributed by atoms with Crippen molar-refractivity contribution >= 4 is 17.5 Å². The van der Waals surface area contributed by atoms with Gasteiger partial charge in [0.2, 0.25) is 0 Å². The van der Waals surface area contributed by atoms with Crippen LogP contribution in [0.4, 0.5) is 0 Å². The van der Waals surface area contributed by atoms with Gasteiger partial charge in [-0.1, -0.05) is 6.42 Å². The van der Waals surface area contributed by atoms with Crippen LogP contribution in [0.1, 0.15) is 45.4 Å². The zero-order chi connectivity index (χ0) is 15.0. The maximum atomic E-state index is 12.3. The van der Waals surface area contributed by atoms with E-state index >= 15 is 0 Å². The second-order valence-corrected chi connectivity index (χ2v) is 6.05. The Bertz CT molecular complexity index is 492. The summed E-state index contributed by atoms with van der Waals surface area (Å²) in [6.45, 7) is 1.57. The van der Waals surface area contributed by atoms with E-state index in [4.69, 9.17) is 4.74 Å². The van der Waals surface area contributed by atoms with Crippen LogP contribution < -0.4 is 0 Å². The van der Waals surface area contributed by atoms with Crippen molar-refractivity contribution in [3.05, 3.63) is 11.8 Å². The zero-order valence-corrected chi connectivity index (χ0v) is 11.9. The summed E-state index contributed by atoms with van der Waals surface area (Å²) in [5.74, 6) is -0.852. The Morgan fingerprint density at radius 2 is 2.05 bits per heavy atom. The molecule has 2 saturated carbocycles. The minimum atomic E-state index is -1.24. The van der Waals surface area contributed by atoms with E-state index in [1.165, 1.54) is 7.11 Å². The number of esters is 1. The second-order valence-electron chi connectivity index (χ2n) is 6.05. The van der Waals surface area contributed by atoms with Crippen molar-refractivity contribution in [3.63, 3.8) is 0 Å². The zero-order valence-electron chi connectivity index (χ0n) is 11.9. The fraction of sp³-hybridized carbons (Fsp3) is 0.667. The first-order chi connectivity index (χ1) is 9.39. The van der Waals surface area contributed by atoms with Crippen molar-refractivity contribution in [2.24, 2.45) is 10.8 Å². The lowest BCUT2D eigenvalue weighted by atomic mass is 9.55. The molecule has 0 unspecified atom stereocenters. The van der Waals surface area contributed by atoms with Crippen LogP contribution in [0.25, 0.3) is 0 Å². The molecule has 2 rings (SSSR count). The lowest BCUT2D eigenvalue weighted by Gasteiger charge is -2.45. The van der Waals surface area contributed by atoms with Gasteiger partial charge in [-0.15, -0.1) is 0 Å². The van der Waals surface area contributed by atoms with Gasteiger partial charge in [0, 0.05) is 23.8 Å². The van der Waals surface area contributed by atoms with Crippen LogP contribution >= 0.6 is 0 Å². The molecule has 5 nitrogen and oxygen atoms in total. The highest BCUT2D eigenvalue weighted by molar-refractivity contribution is 6.07. The Labute approximate surface area is 118 Å². The molecule has 0 bridgehead atoms. The molecule has 0 heterocycles. The molecule has 110 valence electrons. The Hall–Kier alpha value is -1.65. The minimum absolute atomic E-state index is 0.0494. The van der Waals surface area contributed by atoms with E-state index in [-0.39, 0.29) is 30.0 Å². The molecule has 0 aromatic carbocycles. The number of methoxy groups -OCH3 is 1. The van der Waals surface area contributed by atoms with Crippen molar-refractivity contribution in [3.8, 4) is 0 Å².